The Bertz CT molecular complexity index is 674. The Balaban J connectivity index is 1.68. The summed E-state index contributed by atoms with van der Waals surface area (Å²) in [6.45, 7) is 1.89. The lowest BCUT2D eigenvalue weighted by atomic mass is 10.00. The van der Waals surface area contributed by atoms with Gasteiger partial charge < -0.3 is 14.6 Å². The topological polar surface area (TPSA) is 55.8 Å². The second kappa shape index (κ2) is 6.46. The maximum absolute atomic E-state index is 10.7. The van der Waals surface area contributed by atoms with Crippen LogP contribution in [0.15, 0.2) is 36.4 Å². The van der Waals surface area contributed by atoms with Crippen molar-refractivity contribution in [2.45, 2.75) is 45.2 Å². The summed E-state index contributed by atoms with van der Waals surface area (Å²) in [7, 11) is 0. The molecule has 0 saturated carbocycles. The number of aryl methyl sites for hydroxylation is 2. The van der Waals surface area contributed by atoms with Crippen LogP contribution in [0.25, 0.3) is 10.8 Å². The molecule has 0 bridgehead atoms. The van der Waals surface area contributed by atoms with E-state index in [0.29, 0.717) is 6.42 Å². The zero-order valence-electron chi connectivity index (χ0n) is 12.6. The van der Waals surface area contributed by atoms with Crippen LogP contribution in [-0.2, 0) is 27.1 Å². The highest BCUT2D eigenvalue weighted by molar-refractivity contribution is 5.84. The maximum atomic E-state index is 10.7. The number of carboxylic acids is 1. The molecule has 2 aromatic rings. The smallest absolute Gasteiger partial charge is 0.303 e. The standard InChI is InChI=1S/C18H20O4/c1-12-21-18(22-12)9-5-14-3-7-15-6-2-13(4-8-17(19)20)10-16(15)11-14/h2-3,6-7,10-12,18H,4-5,8-9H2,1H3,(H,19,20). The Kier molecular flexibility index (Phi) is 4.41. The van der Waals surface area contributed by atoms with Gasteiger partial charge in [0.25, 0.3) is 0 Å². The van der Waals surface area contributed by atoms with Gasteiger partial charge in [-0.2, -0.15) is 0 Å². The van der Waals surface area contributed by atoms with Gasteiger partial charge in [-0.25, -0.2) is 0 Å². The number of carboxylic acid groups (broad SMARTS) is 1. The molecule has 0 unspecified atom stereocenters. The summed E-state index contributed by atoms with van der Waals surface area (Å²) in [5.41, 5.74) is 2.31. The van der Waals surface area contributed by atoms with E-state index in [-0.39, 0.29) is 19.0 Å². The molecule has 1 fully saturated rings. The van der Waals surface area contributed by atoms with Crippen LogP contribution in [0, 0.1) is 0 Å². The normalized spacial score (nSPS) is 20.8. The SMILES string of the molecule is CC1OC(CCc2ccc3ccc(CCC(=O)O)cc3c2)O1. The Morgan fingerprint density at radius 1 is 1.05 bits per heavy atom. The minimum absolute atomic E-state index is 0.0709. The third kappa shape index (κ3) is 3.64. The third-order valence-corrected chi connectivity index (χ3v) is 3.95. The average molecular weight is 300 g/mol. The highest BCUT2D eigenvalue weighted by atomic mass is 16.9. The maximum Gasteiger partial charge on any atom is 0.303 e. The molecule has 0 spiro atoms. The number of hydrogen-bond acceptors (Lipinski definition) is 3. The van der Waals surface area contributed by atoms with Crippen LogP contribution < -0.4 is 0 Å². The van der Waals surface area contributed by atoms with E-state index in [1.165, 1.54) is 10.9 Å². The van der Waals surface area contributed by atoms with Crippen molar-refractivity contribution < 1.29 is 19.4 Å². The highest BCUT2D eigenvalue weighted by Gasteiger charge is 2.25. The molecule has 1 N–H and O–H groups in total. The predicted molar refractivity (Wildman–Crippen MR) is 83.6 cm³/mol. The summed E-state index contributed by atoms with van der Waals surface area (Å²) < 4.78 is 10.9. The Hall–Kier alpha value is -1.91. The molecule has 3 rings (SSSR count). The molecule has 1 aliphatic rings. The Labute approximate surface area is 129 Å². The number of rotatable bonds is 6. The number of fused-ring (bicyclic) bond motifs is 1. The molecule has 0 aromatic heterocycles. The van der Waals surface area contributed by atoms with Crippen molar-refractivity contribution in [3.05, 3.63) is 47.5 Å². The molecule has 1 heterocycles. The predicted octanol–water partition coefficient (Wildman–Crippen LogP) is 3.51. The van der Waals surface area contributed by atoms with Crippen molar-refractivity contribution in [2.24, 2.45) is 0 Å². The van der Waals surface area contributed by atoms with Gasteiger partial charge in [0.1, 0.15) is 0 Å². The first-order valence-electron chi connectivity index (χ1n) is 7.64. The Morgan fingerprint density at radius 2 is 1.68 bits per heavy atom. The fourth-order valence-corrected chi connectivity index (χ4v) is 2.77. The van der Waals surface area contributed by atoms with Gasteiger partial charge in [0.05, 0.1) is 0 Å². The van der Waals surface area contributed by atoms with Crippen molar-refractivity contribution in [2.75, 3.05) is 0 Å². The summed E-state index contributed by atoms with van der Waals surface area (Å²) in [5, 5.41) is 11.1. The van der Waals surface area contributed by atoms with E-state index in [9.17, 15) is 4.79 Å². The highest BCUT2D eigenvalue weighted by Crippen LogP contribution is 2.23. The van der Waals surface area contributed by atoms with Gasteiger partial charge in [-0.05, 0) is 41.7 Å². The minimum Gasteiger partial charge on any atom is -0.481 e. The number of benzene rings is 2. The number of ether oxygens (including phenoxy) is 2. The van der Waals surface area contributed by atoms with Crippen molar-refractivity contribution in [1.82, 2.24) is 0 Å². The first-order chi connectivity index (χ1) is 10.6. The average Bonchev–Trinajstić information content (AvgIpc) is 2.48. The lowest BCUT2D eigenvalue weighted by molar-refractivity contribution is -0.376. The van der Waals surface area contributed by atoms with E-state index in [4.69, 9.17) is 14.6 Å². The summed E-state index contributed by atoms with van der Waals surface area (Å²) in [6, 6.07) is 12.5. The van der Waals surface area contributed by atoms with E-state index in [0.717, 1.165) is 23.8 Å². The van der Waals surface area contributed by atoms with Crippen LogP contribution in [0.5, 0.6) is 0 Å². The number of carbonyl (C=O) groups is 1. The van der Waals surface area contributed by atoms with Gasteiger partial charge in [-0.1, -0.05) is 36.4 Å². The lowest BCUT2D eigenvalue weighted by Crippen LogP contribution is -2.38. The minimum atomic E-state index is -0.761. The van der Waals surface area contributed by atoms with Gasteiger partial charge in [0, 0.05) is 12.8 Å². The molecule has 116 valence electrons. The molecule has 0 radical (unpaired) electrons. The van der Waals surface area contributed by atoms with Crippen LogP contribution in [0.3, 0.4) is 0 Å². The summed E-state index contributed by atoms with van der Waals surface area (Å²) in [4.78, 5) is 10.7. The summed E-state index contributed by atoms with van der Waals surface area (Å²) >= 11 is 0. The van der Waals surface area contributed by atoms with E-state index >= 15 is 0 Å². The summed E-state index contributed by atoms with van der Waals surface area (Å²) in [6.07, 6.45) is 2.35. The van der Waals surface area contributed by atoms with E-state index in [2.05, 4.69) is 30.3 Å². The molecule has 4 heteroatoms. The van der Waals surface area contributed by atoms with Crippen LogP contribution in [0.1, 0.15) is 30.9 Å². The van der Waals surface area contributed by atoms with Gasteiger partial charge in [0.2, 0.25) is 0 Å². The number of aliphatic carboxylic acids is 1. The lowest BCUT2D eigenvalue weighted by Gasteiger charge is -2.33. The van der Waals surface area contributed by atoms with Crippen LogP contribution in [-0.4, -0.2) is 23.7 Å². The molecular formula is C18H20O4. The molecule has 0 amide bonds. The molecule has 22 heavy (non-hydrogen) atoms. The first-order valence-corrected chi connectivity index (χ1v) is 7.64. The monoisotopic (exact) mass is 300 g/mol. The second-order valence-corrected chi connectivity index (χ2v) is 5.72. The molecule has 1 aliphatic heterocycles. The van der Waals surface area contributed by atoms with E-state index in [1.807, 2.05) is 13.0 Å². The fourth-order valence-electron chi connectivity index (χ4n) is 2.77. The molecule has 2 aromatic carbocycles. The zero-order valence-corrected chi connectivity index (χ0v) is 12.6. The zero-order chi connectivity index (χ0) is 15.5. The first kappa shape index (κ1) is 15.0. The van der Waals surface area contributed by atoms with Crippen molar-refractivity contribution in [3.63, 3.8) is 0 Å². The molecule has 0 aliphatic carbocycles. The van der Waals surface area contributed by atoms with Crippen LogP contribution in [0.4, 0.5) is 0 Å². The van der Waals surface area contributed by atoms with E-state index < -0.39 is 5.97 Å². The molecular weight excluding hydrogens is 280 g/mol. The van der Waals surface area contributed by atoms with Crippen LogP contribution in [0.2, 0.25) is 0 Å². The second-order valence-electron chi connectivity index (χ2n) is 5.72. The summed E-state index contributed by atoms with van der Waals surface area (Å²) in [5.74, 6) is -0.761. The van der Waals surface area contributed by atoms with Gasteiger partial charge in [-0.3, -0.25) is 4.79 Å². The van der Waals surface area contributed by atoms with Crippen molar-refractivity contribution in [3.8, 4) is 0 Å². The van der Waals surface area contributed by atoms with Gasteiger partial charge in [0.15, 0.2) is 12.6 Å². The molecule has 4 nitrogen and oxygen atoms in total. The van der Waals surface area contributed by atoms with Crippen molar-refractivity contribution in [1.29, 1.82) is 0 Å². The van der Waals surface area contributed by atoms with Gasteiger partial charge in [-0.15, -0.1) is 0 Å². The molecule has 1 saturated heterocycles. The largest absolute Gasteiger partial charge is 0.481 e. The number of hydrogen-bond donors (Lipinski definition) is 1. The van der Waals surface area contributed by atoms with Crippen molar-refractivity contribution >= 4 is 16.7 Å². The van der Waals surface area contributed by atoms with E-state index in [1.54, 1.807) is 0 Å². The quantitative estimate of drug-likeness (QED) is 0.887. The van der Waals surface area contributed by atoms with Gasteiger partial charge >= 0.3 is 5.97 Å². The van der Waals surface area contributed by atoms with Crippen LogP contribution >= 0.6 is 0 Å². The Morgan fingerprint density at radius 3 is 2.27 bits per heavy atom. The fraction of sp³-hybridized carbons (Fsp3) is 0.389. The third-order valence-electron chi connectivity index (χ3n) is 3.95. The molecule has 0 atom stereocenters.